The number of nitrogens with one attached hydrogen (secondary N) is 1. The molecule has 0 atom stereocenters. The first-order chi connectivity index (χ1) is 8.69. The fourth-order valence-corrected chi connectivity index (χ4v) is 1.75. The van der Waals surface area contributed by atoms with E-state index in [0.717, 1.165) is 32.2 Å². The SMILES string of the molecule is CCCCN=C(NC(=O)N(CCCC)SC)OC. The van der Waals surface area contributed by atoms with E-state index in [1.165, 1.54) is 19.1 Å². The first-order valence-electron chi connectivity index (χ1n) is 6.40. The minimum absolute atomic E-state index is 0.173. The van der Waals surface area contributed by atoms with E-state index >= 15 is 0 Å². The van der Waals surface area contributed by atoms with E-state index in [-0.39, 0.29) is 6.03 Å². The number of urea groups is 1. The van der Waals surface area contributed by atoms with Crippen molar-refractivity contribution in [3.63, 3.8) is 0 Å². The molecule has 0 aliphatic carbocycles. The molecule has 106 valence electrons. The van der Waals surface area contributed by atoms with Crippen LogP contribution in [-0.2, 0) is 4.74 Å². The van der Waals surface area contributed by atoms with Crippen LogP contribution in [0.3, 0.4) is 0 Å². The lowest BCUT2D eigenvalue weighted by Gasteiger charge is -2.19. The molecule has 0 radical (unpaired) electrons. The summed E-state index contributed by atoms with van der Waals surface area (Å²) in [5.74, 6) is 0. The third kappa shape index (κ3) is 7.42. The van der Waals surface area contributed by atoms with Gasteiger partial charge in [-0.15, -0.1) is 0 Å². The van der Waals surface area contributed by atoms with Crippen LogP contribution in [0.5, 0.6) is 0 Å². The third-order valence-corrected chi connectivity index (χ3v) is 3.13. The van der Waals surface area contributed by atoms with Crippen LogP contribution in [0.25, 0.3) is 0 Å². The van der Waals surface area contributed by atoms with Crippen molar-refractivity contribution >= 4 is 24.0 Å². The highest BCUT2D eigenvalue weighted by atomic mass is 32.2. The van der Waals surface area contributed by atoms with Gasteiger partial charge in [-0.2, -0.15) is 0 Å². The second-order valence-corrected chi connectivity index (χ2v) is 4.62. The predicted octanol–water partition coefficient (Wildman–Crippen LogP) is 2.88. The second kappa shape index (κ2) is 11.2. The minimum atomic E-state index is -0.173. The van der Waals surface area contributed by atoms with Crippen LogP contribution >= 0.6 is 11.9 Å². The van der Waals surface area contributed by atoms with E-state index in [1.807, 2.05) is 6.26 Å². The number of aliphatic imine (C=N–C) groups is 1. The molecule has 0 unspecified atom stereocenters. The molecular formula is C12H25N3O2S. The number of hydrogen-bond acceptors (Lipinski definition) is 4. The summed E-state index contributed by atoms with van der Waals surface area (Å²) in [7, 11) is 1.51. The van der Waals surface area contributed by atoms with E-state index in [9.17, 15) is 4.79 Å². The first-order valence-corrected chi connectivity index (χ1v) is 7.58. The Hall–Kier alpha value is -0.910. The minimum Gasteiger partial charge on any atom is -0.468 e. The summed E-state index contributed by atoms with van der Waals surface area (Å²) in [6.07, 6.45) is 6.00. The van der Waals surface area contributed by atoms with E-state index in [2.05, 4.69) is 24.2 Å². The average Bonchev–Trinajstić information content (AvgIpc) is 2.38. The number of carbonyl (C=O) groups is 1. The van der Waals surface area contributed by atoms with Gasteiger partial charge in [0.05, 0.1) is 7.11 Å². The molecule has 18 heavy (non-hydrogen) atoms. The molecule has 0 heterocycles. The van der Waals surface area contributed by atoms with E-state index in [0.29, 0.717) is 12.6 Å². The Morgan fingerprint density at radius 1 is 1.33 bits per heavy atom. The largest absolute Gasteiger partial charge is 0.468 e. The summed E-state index contributed by atoms with van der Waals surface area (Å²) >= 11 is 1.41. The van der Waals surface area contributed by atoms with Crippen molar-refractivity contribution in [2.24, 2.45) is 4.99 Å². The normalized spacial score (nSPS) is 11.2. The molecule has 0 aliphatic heterocycles. The van der Waals surface area contributed by atoms with E-state index in [4.69, 9.17) is 4.74 Å². The molecule has 0 aliphatic rings. The molecule has 1 N–H and O–H groups in total. The van der Waals surface area contributed by atoms with Gasteiger partial charge in [-0.25, -0.2) is 9.79 Å². The van der Waals surface area contributed by atoms with E-state index < -0.39 is 0 Å². The van der Waals surface area contributed by atoms with Crippen LogP contribution in [0.2, 0.25) is 0 Å². The number of ether oxygens (including phenoxy) is 1. The van der Waals surface area contributed by atoms with Crippen LogP contribution in [0.15, 0.2) is 4.99 Å². The molecular weight excluding hydrogens is 250 g/mol. The predicted molar refractivity (Wildman–Crippen MR) is 77.9 cm³/mol. The van der Waals surface area contributed by atoms with Crippen LogP contribution < -0.4 is 5.32 Å². The van der Waals surface area contributed by atoms with Gasteiger partial charge >= 0.3 is 6.03 Å². The van der Waals surface area contributed by atoms with Gasteiger partial charge in [0.2, 0.25) is 0 Å². The van der Waals surface area contributed by atoms with Gasteiger partial charge < -0.3 is 4.74 Å². The summed E-state index contributed by atoms with van der Waals surface area (Å²) in [5, 5.41) is 2.68. The Labute approximate surface area is 114 Å². The molecule has 0 saturated heterocycles. The molecule has 0 aromatic rings. The highest BCUT2D eigenvalue weighted by Gasteiger charge is 2.14. The monoisotopic (exact) mass is 275 g/mol. The molecule has 5 nitrogen and oxygen atoms in total. The van der Waals surface area contributed by atoms with Crippen molar-refractivity contribution in [3.8, 4) is 0 Å². The second-order valence-electron chi connectivity index (χ2n) is 3.81. The number of amides is 2. The molecule has 0 saturated carbocycles. The molecule has 2 amide bonds. The lowest BCUT2D eigenvalue weighted by Crippen LogP contribution is -2.40. The lowest BCUT2D eigenvalue weighted by molar-refractivity contribution is 0.227. The van der Waals surface area contributed by atoms with Crippen molar-refractivity contribution in [2.45, 2.75) is 39.5 Å². The van der Waals surface area contributed by atoms with Gasteiger partial charge in [0.1, 0.15) is 0 Å². The first kappa shape index (κ1) is 17.1. The number of hydrogen-bond donors (Lipinski definition) is 1. The van der Waals surface area contributed by atoms with Crippen molar-refractivity contribution in [2.75, 3.05) is 26.5 Å². The van der Waals surface area contributed by atoms with Gasteiger partial charge in [-0.3, -0.25) is 9.62 Å². The summed E-state index contributed by atoms with van der Waals surface area (Å²) in [6.45, 7) is 5.60. The number of unbranched alkanes of at least 4 members (excludes halogenated alkanes) is 2. The van der Waals surface area contributed by atoms with E-state index in [1.54, 1.807) is 4.31 Å². The maximum atomic E-state index is 11.9. The average molecular weight is 275 g/mol. The lowest BCUT2D eigenvalue weighted by atomic mass is 10.3. The summed E-state index contributed by atoms with van der Waals surface area (Å²) in [5.41, 5.74) is 0. The van der Waals surface area contributed by atoms with Crippen LogP contribution in [0.4, 0.5) is 4.79 Å². The Morgan fingerprint density at radius 2 is 2.00 bits per heavy atom. The Kier molecular flexibility index (Phi) is 10.6. The molecule has 0 spiro atoms. The summed E-state index contributed by atoms with van der Waals surface area (Å²) in [6, 6.07) is 0.122. The van der Waals surface area contributed by atoms with Crippen LogP contribution in [-0.4, -0.2) is 42.8 Å². The van der Waals surface area contributed by atoms with Gasteiger partial charge in [0, 0.05) is 19.3 Å². The quantitative estimate of drug-likeness (QED) is 0.336. The molecule has 0 bridgehead atoms. The maximum Gasteiger partial charge on any atom is 0.335 e. The topological polar surface area (TPSA) is 53.9 Å². The smallest absolute Gasteiger partial charge is 0.335 e. The number of nitrogens with zero attached hydrogens (tertiary/aromatic N) is 2. The molecule has 0 fully saturated rings. The Morgan fingerprint density at radius 3 is 2.50 bits per heavy atom. The Balaban J connectivity index is 4.25. The number of methoxy groups -OCH3 is 1. The third-order valence-electron chi connectivity index (χ3n) is 2.34. The zero-order valence-electron chi connectivity index (χ0n) is 11.9. The van der Waals surface area contributed by atoms with Crippen molar-refractivity contribution in [1.29, 1.82) is 0 Å². The zero-order valence-corrected chi connectivity index (χ0v) is 12.7. The zero-order chi connectivity index (χ0) is 13.8. The Bertz CT molecular complexity index is 260. The van der Waals surface area contributed by atoms with Gasteiger partial charge in [-0.1, -0.05) is 26.7 Å². The van der Waals surface area contributed by atoms with Crippen molar-refractivity contribution in [3.05, 3.63) is 0 Å². The number of carbonyl (C=O) groups excluding carboxylic acids is 1. The molecule has 0 rings (SSSR count). The number of amidine groups is 1. The highest BCUT2D eigenvalue weighted by molar-refractivity contribution is 7.96. The van der Waals surface area contributed by atoms with Gasteiger partial charge in [0.15, 0.2) is 0 Å². The highest BCUT2D eigenvalue weighted by Crippen LogP contribution is 2.07. The van der Waals surface area contributed by atoms with Crippen LogP contribution in [0, 0.1) is 0 Å². The summed E-state index contributed by atoms with van der Waals surface area (Å²) in [4.78, 5) is 16.1. The standard InChI is InChI=1S/C12H25N3O2S/c1-5-7-9-13-11(17-3)14-12(16)15(18-4)10-8-6-2/h5-10H2,1-4H3,(H,13,14,16). The van der Waals surface area contributed by atoms with Gasteiger partial charge in [0.25, 0.3) is 6.02 Å². The van der Waals surface area contributed by atoms with Gasteiger partial charge in [-0.05, 0) is 24.8 Å². The van der Waals surface area contributed by atoms with Crippen molar-refractivity contribution in [1.82, 2.24) is 9.62 Å². The maximum absolute atomic E-state index is 11.9. The molecule has 6 heteroatoms. The van der Waals surface area contributed by atoms with Crippen LogP contribution in [0.1, 0.15) is 39.5 Å². The fourth-order valence-electron chi connectivity index (χ4n) is 1.23. The number of rotatable bonds is 7. The molecule has 0 aromatic heterocycles. The summed E-state index contributed by atoms with van der Waals surface area (Å²) < 4.78 is 6.73. The molecule has 0 aromatic carbocycles. The van der Waals surface area contributed by atoms with Crippen molar-refractivity contribution < 1.29 is 9.53 Å². The fraction of sp³-hybridized carbons (Fsp3) is 0.833.